The largest absolute Gasteiger partial charge is 0.294 e. The molecule has 2 aliphatic heterocycles. The van der Waals surface area contributed by atoms with Crippen LogP contribution in [0.2, 0.25) is 0 Å². The summed E-state index contributed by atoms with van der Waals surface area (Å²) in [6.07, 6.45) is 4.23. The van der Waals surface area contributed by atoms with Crippen LogP contribution >= 0.6 is 45.3 Å². The minimum absolute atomic E-state index is 0.0974. The van der Waals surface area contributed by atoms with Gasteiger partial charge < -0.3 is 0 Å². The van der Waals surface area contributed by atoms with Crippen molar-refractivity contribution in [3.05, 3.63) is 163 Å². The number of hydrogen-bond acceptors (Lipinski definition) is 6. The molecule has 6 aromatic rings. The smallest absolute Gasteiger partial charge is 0.263 e. The van der Waals surface area contributed by atoms with Crippen LogP contribution in [0.5, 0.6) is 0 Å². The van der Waals surface area contributed by atoms with Gasteiger partial charge in [-0.1, -0.05) is 85.8 Å². The third-order valence-electron chi connectivity index (χ3n) is 9.11. The van der Waals surface area contributed by atoms with Crippen LogP contribution in [-0.2, 0) is 9.59 Å². The maximum absolute atomic E-state index is 14.9. The highest BCUT2D eigenvalue weighted by Gasteiger charge is 2.45. The van der Waals surface area contributed by atoms with Crippen molar-refractivity contribution in [2.45, 2.75) is 13.8 Å². The van der Waals surface area contributed by atoms with E-state index in [0.29, 0.717) is 16.8 Å². The van der Waals surface area contributed by atoms with Gasteiger partial charge in [0.25, 0.3) is 5.91 Å². The predicted molar refractivity (Wildman–Crippen MR) is 203 cm³/mol. The molecule has 3 nitrogen and oxygen atoms in total. The van der Waals surface area contributed by atoms with Crippen LogP contribution in [0.15, 0.2) is 131 Å². The second-order valence-corrected chi connectivity index (χ2v) is 16.0. The van der Waals surface area contributed by atoms with Crippen molar-refractivity contribution in [2.75, 3.05) is 0 Å². The Morgan fingerprint density at radius 2 is 1.25 bits per heavy atom. The fourth-order valence-corrected chi connectivity index (χ4v) is 11.2. The lowest BCUT2D eigenvalue weighted by molar-refractivity contribution is -0.121. The number of allylic oxidation sites excluding steroid dienone is 2. The molecule has 48 heavy (non-hydrogen) atoms. The molecule has 0 radical (unpaired) electrons. The first kappa shape index (κ1) is 29.5. The Kier molecular flexibility index (Phi) is 7.06. The van der Waals surface area contributed by atoms with E-state index in [1.54, 1.807) is 57.2 Å². The van der Waals surface area contributed by atoms with E-state index in [4.69, 9.17) is 0 Å². The quantitative estimate of drug-likeness (QED) is 0.169. The first-order valence-corrected chi connectivity index (χ1v) is 19.1. The SMILES string of the molecule is CC(=O)C1=C2c3sc(-c4cccs4)cc3C(c3ccccc3)=CN2C(=O)/C1=C1\c2sc(-c3cccs3)cc2C(c2ccccc2)=CC1C. The molecule has 1 atom stereocenters. The zero-order chi connectivity index (χ0) is 32.5. The number of rotatable bonds is 5. The Labute approximate surface area is 294 Å². The van der Waals surface area contributed by atoms with Gasteiger partial charge in [0.05, 0.1) is 21.7 Å². The van der Waals surface area contributed by atoms with Crippen molar-refractivity contribution >= 4 is 79.5 Å². The molecule has 3 aliphatic rings. The van der Waals surface area contributed by atoms with Crippen LogP contribution in [0.4, 0.5) is 0 Å². The lowest BCUT2D eigenvalue weighted by Gasteiger charge is -2.25. The fraction of sp³-hybridized carbons (Fsp3) is 0.0732. The molecular formula is C41H27NO2S4. The van der Waals surface area contributed by atoms with Crippen LogP contribution in [0, 0.1) is 5.92 Å². The average Bonchev–Trinajstić information content (AvgIpc) is 3.94. The first-order chi connectivity index (χ1) is 23.5. The zero-order valence-corrected chi connectivity index (χ0v) is 29.3. The van der Waals surface area contributed by atoms with Gasteiger partial charge in [0.15, 0.2) is 5.78 Å². The van der Waals surface area contributed by atoms with Gasteiger partial charge in [-0.05, 0) is 64.2 Å². The highest BCUT2D eigenvalue weighted by molar-refractivity contribution is 7.22. The fourth-order valence-electron chi connectivity index (χ4n) is 7.03. The molecule has 1 amide bonds. The van der Waals surface area contributed by atoms with E-state index < -0.39 is 0 Å². The number of nitrogens with zero attached hydrogens (tertiary/aromatic N) is 1. The standard InChI is InChI=1S/C41H27NO2S4/c1-23-19-27(25-11-5-3-6-12-25)28-20-33(31-15-9-17-45-31)47-39(28)35(23)37-36(24(2)43)38-40-29(21-34(48-40)32-16-10-18-46-32)30(22-42(38)41(37)44)26-13-7-4-8-14-26/h3-23H,1-2H3/b37-35-. The van der Waals surface area contributed by atoms with Crippen LogP contribution < -0.4 is 0 Å². The Morgan fingerprint density at radius 3 is 1.81 bits per heavy atom. The molecule has 232 valence electrons. The van der Waals surface area contributed by atoms with Gasteiger partial charge >= 0.3 is 0 Å². The predicted octanol–water partition coefficient (Wildman–Crippen LogP) is 11.3. The third kappa shape index (κ3) is 4.57. The van der Waals surface area contributed by atoms with Crippen LogP contribution in [-0.4, -0.2) is 16.6 Å². The molecule has 0 N–H and O–H groups in total. The molecule has 0 saturated carbocycles. The van der Waals surface area contributed by atoms with Crippen molar-refractivity contribution < 1.29 is 9.59 Å². The van der Waals surface area contributed by atoms with Crippen molar-refractivity contribution in [2.24, 2.45) is 5.92 Å². The number of ketones is 1. The van der Waals surface area contributed by atoms with Crippen molar-refractivity contribution in [1.82, 2.24) is 4.90 Å². The molecule has 0 saturated heterocycles. The topological polar surface area (TPSA) is 37.4 Å². The van der Waals surface area contributed by atoms with E-state index in [1.165, 1.54) is 9.75 Å². The molecule has 0 bridgehead atoms. The van der Waals surface area contributed by atoms with Crippen molar-refractivity contribution in [1.29, 1.82) is 0 Å². The minimum Gasteiger partial charge on any atom is -0.294 e. The van der Waals surface area contributed by atoms with Gasteiger partial charge in [-0.15, -0.1) is 45.3 Å². The molecule has 0 spiro atoms. The lowest BCUT2D eigenvalue weighted by atomic mass is 9.80. The van der Waals surface area contributed by atoms with Crippen LogP contribution in [0.1, 0.15) is 45.9 Å². The van der Waals surface area contributed by atoms with Gasteiger partial charge in [0, 0.05) is 53.2 Å². The average molecular weight is 694 g/mol. The Balaban J connectivity index is 1.32. The Hall–Kier alpha value is -4.66. The number of thiophene rings is 4. The second kappa shape index (κ2) is 11.5. The number of carbonyl (C=O) groups is 2. The monoisotopic (exact) mass is 693 g/mol. The lowest BCUT2D eigenvalue weighted by Crippen LogP contribution is -2.23. The molecule has 1 aliphatic carbocycles. The van der Waals surface area contributed by atoms with Crippen LogP contribution in [0.25, 0.3) is 41.9 Å². The molecule has 1 unspecified atom stereocenters. The first-order valence-electron chi connectivity index (χ1n) is 15.7. The summed E-state index contributed by atoms with van der Waals surface area (Å²) >= 11 is 6.80. The van der Waals surface area contributed by atoms with E-state index in [0.717, 1.165) is 58.5 Å². The highest BCUT2D eigenvalue weighted by Crippen LogP contribution is 2.55. The summed E-state index contributed by atoms with van der Waals surface area (Å²) in [6, 6.07) is 33.6. The molecule has 0 fully saturated rings. The second-order valence-electron chi connectivity index (χ2n) is 12.0. The highest BCUT2D eigenvalue weighted by atomic mass is 32.1. The van der Waals surface area contributed by atoms with E-state index >= 15 is 0 Å². The summed E-state index contributed by atoms with van der Waals surface area (Å²) in [5.74, 6) is -0.339. The summed E-state index contributed by atoms with van der Waals surface area (Å²) in [5, 5.41) is 4.18. The van der Waals surface area contributed by atoms with E-state index in [-0.39, 0.29) is 17.6 Å². The Bertz CT molecular complexity index is 2380. The van der Waals surface area contributed by atoms with Gasteiger partial charge in [0.1, 0.15) is 0 Å². The van der Waals surface area contributed by atoms with Gasteiger partial charge in [0.2, 0.25) is 0 Å². The summed E-state index contributed by atoms with van der Waals surface area (Å²) in [5.41, 5.74) is 9.16. The summed E-state index contributed by atoms with van der Waals surface area (Å²) in [7, 11) is 0. The number of fused-ring (bicyclic) bond motifs is 4. The summed E-state index contributed by atoms with van der Waals surface area (Å²) < 4.78 is 0. The zero-order valence-electron chi connectivity index (χ0n) is 26.0. The summed E-state index contributed by atoms with van der Waals surface area (Å²) in [6.45, 7) is 3.76. The molecule has 2 aromatic carbocycles. The van der Waals surface area contributed by atoms with E-state index in [9.17, 15) is 9.59 Å². The third-order valence-corrected chi connectivity index (χ3v) is 13.6. The number of carbonyl (C=O) groups excluding carboxylic acids is 2. The normalized spacial score (nSPS) is 18.4. The Morgan fingerprint density at radius 1 is 0.688 bits per heavy atom. The minimum atomic E-state index is -0.143. The van der Waals surface area contributed by atoms with Gasteiger partial charge in [-0.2, -0.15) is 0 Å². The van der Waals surface area contributed by atoms with Gasteiger partial charge in [-0.25, -0.2) is 0 Å². The van der Waals surface area contributed by atoms with Gasteiger partial charge in [-0.3, -0.25) is 14.5 Å². The summed E-state index contributed by atoms with van der Waals surface area (Å²) in [4.78, 5) is 37.3. The number of hydrogen-bond donors (Lipinski definition) is 0. The van der Waals surface area contributed by atoms with E-state index in [1.807, 2.05) is 30.5 Å². The number of amides is 1. The molecule has 9 rings (SSSR count). The van der Waals surface area contributed by atoms with Crippen molar-refractivity contribution in [3.63, 3.8) is 0 Å². The maximum Gasteiger partial charge on any atom is 0.263 e. The van der Waals surface area contributed by atoms with E-state index in [2.05, 4.69) is 96.6 Å². The van der Waals surface area contributed by atoms with Crippen molar-refractivity contribution in [3.8, 4) is 19.5 Å². The maximum atomic E-state index is 14.9. The molecule has 6 heterocycles. The molecule has 4 aromatic heterocycles. The van der Waals surface area contributed by atoms with Crippen LogP contribution in [0.3, 0.4) is 0 Å². The number of Topliss-reactive ketones (excluding diaryl/α,β-unsaturated/α-hetero) is 1. The number of benzene rings is 2. The molecular weight excluding hydrogens is 667 g/mol. The molecule has 7 heteroatoms.